The fraction of sp³-hybridized carbons (Fsp3) is 0.143. The number of hydrogen-bond donors (Lipinski definition) is 3. The van der Waals surface area contributed by atoms with Gasteiger partial charge in [0.05, 0.1) is 25.8 Å². The monoisotopic (exact) mass is 405 g/mol. The van der Waals surface area contributed by atoms with E-state index in [2.05, 4.69) is 15.6 Å². The van der Waals surface area contributed by atoms with Crippen molar-refractivity contribution in [1.82, 2.24) is 10.3 Å². The van der Waals surface area contributed by atoms with E-state index in [9.17, 15) is 9.59 Å². The van der Waals surface area contributed by atoms with Crippen LogP contribution in [0.15, 0.2) is 53.1 Å². The molecule has 0 fully saturated rings. The van der Waals surface area contributed by atoms with E-state index in [4.69, 9.17) is 20.1 Å². The number of aromatic nitrogens is 1. The van der Waals surface area contributed by atoms with Crippen molar-refractivity contribution < 1.29 is 18.7 Å². The van der Waals surface area contributed by atoms with Gasteiger partial charge >= 0.3 is 0 Å². The van der Waals surface area contributed by atoms with Crippen molar-refractivity contribution >= 4 is 23.5 Å². The molecule has 3 aromatic rings. The van der Waals surface area contributed by atoms with Gasteiger partial charge in [0.1, 0.15) is 5.75 Å². The van der Waals surface area contributed by atoms with E-state index in [0.29, 0.717) is 28.3 Å². The van der Waals surface area contributed by atoms with Crippen LogP contribution in [-0.2, 0) is 0 Å². The fourth-order valence-electron chi connectivity index (χ4n) is 2.64. The van der Waals surface area contributed by atoms with Gasteiger partial charge in [0, 0.05) is 35.0 Å². The number of primary amides is 1. The lowest BCUT2D eigenvalue weighted by Gasteiger charge is -2.09. The maximum atomic E-state index is 12.3. The van der Waals surface area contributed by atoms with Crippen molar-refractivity contribution in [3.05, 3.63) is 59.8 Å². The zero-order valence-electron chi connectivity index (χ0n) is 16.1. The van der Waals surface area contributed by atoms with Crippen LogP contribution in [-0.4, -0.2) is 30.5 Å². The summed E-state index contributed by atoms with van der Waals surface area (Å²) in [5, 5.41) is 14.3. The van der Waals surface area contributed by atoms with Crippen LogP contribution in [0.2, 0.25) is 0 Å². The van der Waals surface area contributed by atoms with Crippen molar-refractivity contribution in [1.29, 1.82) is 5.26 Å². The molecule has 0 bridgehead atoms. The summed E-state index contributed by atoms with van der Waals surface area (Å²) in [6, 6.07) is 13.7. The zero-order chi connectivity index (χ0) is 21.5. The number of methoxy groups -OCH3 is 1. The first kappa shape index (κ1) is 20.4. The number of rotatable bonds is 8. The maximum absolute atomic E-state index is 12.3. The molecule has 0 aliphatic rings. The highest BCUT2D eigenvalue weighted by Gasteiger charge is 2.12. The molecule has 9 heteroatoms. The van der Waals surface area contributed by atoms with E-state index in [1.165, 1.54) is 13.3 Å². The molecule has 0 saturated carbocycles. The third kappa shape index (κ3) is 4.94. The van der Waals surface area contributed by atoms with Gasteiger partial charge in [0.15, 0.2) is 5.76 Å². The number of carbonyl (C=O) groups is 2. The number of carbonyl (C=O) groups excluding carboxylic acids is 2. The zero-order valence-corrected chi connectivity index (χ0v) is 16.1. The van der Waals surface area contributed by atoms with Crippen molar-refractivity contribution in [2.24, 2.45) is 5.73 Å². The number of hydrogen-bond acceptors (Lipinski definition) is 7. The molecule has 0 radical (unpaired) electrons. The summed E-state index contributed by atoms with van der Waals surface area (Å²) in [4.78, 5) is 27.7. The molecule has 152 valence electrons. The highest BCUT2D eigenvalue weighted by Crippen LogP contribution is 2.27. The lowest BCUT2D eigenvalue weighted by atomic mass is 10.1. The molecule has 4 N–H and O–H groups in total. The summed E-state index contributed by atoms with van der Waals surface area (Å²) in [5.41, 5.74) is 7.27. The molecule has 0 saturated heterocycles. The van der Waals surface area contributed by atoms with Crippen LogP contribution in [0.4, 0.5) is 11.7 Å². The highest BCUT2D eigenvalue weighted by molar-refractivity contribution is 5.96. The number of ether oxygens (including phenoxy) is 1. The first-order valence-electron chi connectivity index (χ1n) is 8.97. The van der Waals surface area contributed by atoms with Gasteiger partial charge < -0.3 is 25.5 Å². The summed E-state index contributed by atoms with van der Waals surface area (Å²) < 4.78 is 11.0. The number of nitriles is 1. The summed E-state index contributed by atoms with van der Waals surface area (Å²) >= 11 is 0. The number of nitrogens with two attached hydrogens (primary N) is 1. The molecule has 0 spiro atoms. The molecule has 2 aromatic carbocycles. The second kappa shape index (κ2) is 9.25. The highest BCUT2D eigenvalue weighted by atomic mass is 16.5. The van der Waals surface area contributed by atoms with Gasteiger partial charge in [-0.15, -0.1) is 0 Å². The third-order valence-corrected chi connectivity index (χ3v) is 4.14. The summed E-state index contributed by atoms with van der Waals surface area (Å²) in [5.74, 6) is 0.131. The predicted octanol–water partition coefficient (Wildman–Crippen LogP) is 2.84. The quantitative estimate of drug-likeness (QED) is 0.489. The molecule has 0 aliphatic heterocycles. The molecule has 30 heavy (non-hydrogen) atoms. The number of oxazole rings is 1. The molecular weight excluding hydrogens is 386 g/mol. The predicted molar refractivity (Wildman–Crippen MR) is 109 cm³/mol. The SMILES string of the molecule is COc1cc(Nc2ncc(-c3ccc(C(N)=O)cc3)o2)cc(C(=O)NCCC#N)c1. The van der Waals surface area contributed by atoms with Gasteiger partial charge in [-0.2, -0.15) is 5.26 Å². The van der Waals surface area contributed by atoms with E-state index < -0.39 is 5.91 Å². The van der Waals surface area contributed by atoms with Crippen LogP contribution in [0, 0.1) is 11.3 Å². The number of anilines is 2. The first-order chi connectivity index (χ1) is 14.5. The Morgan fingerprint density at radius 2 is 1.97 bits per heavy atom. The Bertz CT molecular complexity index is 1100. The number of benzene rings is 2. The minimum absolute atomic E-state index is 0.216. The van der Waals surface area contributed by atoms with E-state index in [0.717, 1.165) is 5.56 Å². The first-order valence-corrected chi connectivity index (χ1v) is 8.97. The standard InChI is InChI=1S/C21H19N5O4/c1-29-17-10-15(20(28)24-8-2-7-22)9-16(11-17)26-21-25-12-18(30-21)13-3-5-14(6-4-13)19(23)27/h3-6,9-12H,2,8H2,1H3,(H2,23,27)(H,24,28)(H,25,26). The number of nitrogens with one attached hydrogen (secondary N) is 2. The van der Waals surface area contributed by atoms with E-state index in [1.807, 2.05) is 6.07 Å². The topological polar surface area (TPSA) is 143 Å². The van der Waals surface area contributed by atoms with Crippen LogP contribution < -0.4 is 21.1 Å². The Morgan fingerprint density at radius 3 is 2.63 bits per heavy atom. The molecule has 0 aliphatic carbocycles. The lowest BCUT2D eigenvalue weighted by molar-refractivity contribution is 0.0952. The fourth-order valence-corrected chi connectivity index (χ4v) is 2.64. The van der Waals surface area contributed by atoms with Gasteiger partial charge in [-0.25, -0.2) is 4.98 Å². The van der Waals surface area contributed by atoms with E-state index >= 15 is 0 Å². The Labute approximate surface area is 172 Å². The van der Waals surface area contributed by atoms with Crippen LogP contribution in [0.3, 0.4) is 0 Å². The van der Waals surface area contributed by atoms with Crippen LogP contribution in [0.25, 0.3) is 11.3 Å². The number of nitrogens with zero attached hydrogens (tertiary/aromatic N) is 2. The molecule has 0 atom stereocenters. The Balaban J connectivity index is 1.77. The van der Waals surface area contributed by atoms with Crippen molar-refractivity contribution in [2.75, 3.05) is 19.0 Å². The molecule has 9 nitrogen and oxygen atoms in total. The Morgan fingerprint density at radius 1 is 1.20 bits per heavy atom. The normalized spacial score (nSPS) is 10.1. The summed E-state index contributed by atoms with van der Waals surface area (Å²) in [7, 11) is 1.50. The van der Waals surface area contributed by atoms with Crippen LogP contribution in [0.1, 0.15) is 27.1 Å². The smallest absolute Gasteiger partial charge is 0.299 e. The van der Waals surface area contributed by atoms with Crippen molar-refractivity contribution in [3.8, 4) is 23.1 Å². The average Bonchev–Trinajstić information content (AvgIpc) is 3.22. The van der Waals surface area contributed by atoms with E-state index in [1.54, 1.807) is 42.5 Å². The molecule has 2 amide bonds. The van der Waals surface area contributed by atoms with Crippen molar-refractivity contribution in [2.45, 2.75) is 6.42 Å². The van der Waals surface area contributed by atoms with Crippen LogP contribution >= 0.6 is 0 Å². The molecular formula is C21H19N5O4. The lowest BCUT2D eigenvalue weighted by Crippen LogP contribution is -2.24. The largest absolute Gasteiger partial charge is 0.497 e. The average molecular weight is 405 g/mol. The summed E-state index contributed by atoms with van der Waals surface area (Å²) in [6.07, 6.45) is 1.76. The maximum Gasteiger partial charge on any atom is 0.299 e. The minimum Gasteiger partial charge on any atom is -0.497 e. The Hall–Kier alpha value is -4.32. The molecule has 1 heterocycles. The van der Waals surface area contributed by atoms with Gasteiger partial charge in [-0.05, 0) is 24.3 Å². The van der Waals surface area contributed by atoms with Gasteiger partial charge in [-0.3, -0.25) is 9.59 Å². The van der Waals surface area contributed by atoms with Gasteiger partial charge in [0.25, 0.3) is 11.9 Å². The molecule has 0 unspecified atom stereocenters. The second-order valence-corrected chi connectivity index (χ2v) is 6.21. The number of amides is 2. The van der Waals surface area contributed by atoms with Crippen LogP contribution in [0.5, 0.6) is 5.75 Å². The Kier molecular flexibility index (Phi) is 6.29. The van der Waals surface area contributed by atoms with Gasteiger partial charge in [-0.1, -0.05) is 12.1 Å². The second-order valence-electron chi connectivity index (χ2n) is 6.21. The molecule has 3 rings (SSSR count). The molecule has 1 aromatic heterocycles. The van der Waals surface area contributed by atoms with Crippen molar-refractivity contribution in [3.63, 3.8) is 0 Å². The van der Waals surface area contributed by atoms with E-state index in [-0.39, 0.29) is 24.9 Å². The minimum atomic E-state index is -0.507. The summed E-state index contributed by atoms with van der Waals surface area (Å²) in [6.45, 7) is 0.257. The van der Waals surface area contributed by atoms with Gasteiger partial charge in [0.2, 0.25) is 5.91 Å². The third-order valence-electron chi connectivity index (χ3n) is 4.14.